The Kier molecular flexibility index (Phi) is 6.99. The van der Waals surface area contributed by atoms with Gasteiger partial charge in [0.15, 0.2) is 0 Å². The van der Waals surface area contributed by atoms with Crippen molar-refractivity contribution < 1.29 is 4.74 Å². The number of allylic oxidation sites excluding steroid dienone is 1. The Morgan fingerprint density at radius 3 is 2.76 bits per heavy atom. The maximum Gasteiger partial charge on any atom is 0.128 e. The number of nitrogens with one attached hydrogen (secondary N) is 2. The third-order valence-corrected chi connectivity index (χ3v) is 4.80. The lowest BCUT2D eigenvalue weighted by Gasteiger charge is -2.31. The molecule has 2 heterocycles. The number of hydrogen-bond donors (Lipinski definition) is 4. The van der Waals surface area contributed by atoms with Gasteiger partial charge in [-0.15, -0.1) is 0 Å². The zero-order chi connectivity index (χ0) is 20.6. The smallest absolute Gasteiger partial charge is 0.128 e. The zero-order valence-corrected chi connectivity index (χ0v) is 16.6. The second-order valence-electron chi connectivity index (χ2n) is 6.91. The summed E-state index contributed by atoms with van der Waals surface area (Å²) in [5.74, 6) is 1.28. The lowest BCUT2D eigenvalue weighted by molar-refractivity contribution is 0.0510. The molecule has 1 atom stereocenters. The largest absolute Gasteiger partial charge is 0.383 e. The molecule has 0 bridgehead atoms. The number of hydrogen-bond acceptors (Lipinski definition) is 7. The maximum atomic E-state index is 7.82. The summed E-state index contributed by atoms with van der Waals surface area (Å²) in [4.78, 5) is 6.31. The van der Waals surface area contributed by atoms with Crippen molar-refractivity contribution in [3.05, 3.63) is 77.4 Å². The Hall–Kier alpha value is -3.16. The lowest BCUT2D eigenvalue weighted by atomic mass is 10.1. The van der Waals surface area contributed by atoms with Crippen LogP contribution in [0.1, 0.15) is 22.7 Å². The van der Waals surface area contributed by atoms with E-state index in [4.69, 9.17) is 21.6 Å². The highest BCUT2D eigenvalue weighted by Crippen LogP contribution is 2.20. The molecule has 0 amide bonds. The quantitative estimate of drug-likeness (QED) is 0.538. The van der Waals surface area contributed by atoms with Crippen molar-refractivity contribution >= 4 is 17.6 Å². The fraction of sp³-hybridized carbons (Fsp3) is 0.273. The molecule has 0 spiro atoms. The number of nitrogens with two attached hydrogens (primary N) is 2. The van der Waals surface area contributed by atoms with E-state index in [9.17, 15) is 0 Å². The molecule has 2 aromatic rings. The van der Waals surface area contributed by atoms with E-state index in [0.29, 0.717) is 19.0 Å². The topological polar surface area (TPSA) is 113 Å². The van der Waals surface area contributed by atoms with E-state index in [1.165, 1.54) is 6.21 Å². The number of nitrogens with zero attached hydrogens (tertiary/aromatic N) is 2. The molecule has 152 valence electrons. The van der Waals surface area contributed by atoms with E-state index >= 15 is 0 Å². The Balaban J connectivity index is 1.89. The minimum atomic E-state index is -0.412. The molecule has 0 aliphatic carbocycles. The van der Waals surface area contributed by atoms with Crippen molar-refractivity contribution in [2.45, 2.75) is 13.0 Å². The summed E-state index contributed by atoms with van der Waals surface area (Å²) in [7, 11) is 0. The van der Waals surface area contributed by atoms with E-state index in [1.54, 1.807) is 6.20 Å². The number of benzene rings is 1. The van der Waals surface area contributed by atoms with Crippen molar-refractivity contribution in [3.63, 3.8) is 0 Å². The molecule has 0 radical (unpaired) electrons. The van der Waals surface area contributed by atoms with Gasteiger partial charge in [0.1, 0.15) is 11.6 Å². The van der Waals surface area contributed by atoms with E-state index in [2.05, 4.69) is 21.3 Å². The molecule has 1 fully saturated rings. The molecule has 1 saturated heterocycles. The third-order valence-electron chi connectivity index (χ3n) is 4.80. The Bertz CT molecular complexity index is 902. The average Bonchev–Trinajstić information content (AvgIpc) is 2.74. The zero-order valence-electron chi connectivity index (χ0n) is 16.6. The third kappa shape index (κ3) is 5.43. The van der Waals surface area contributed by atoms with Gasteiger partial charge in [-0.05, 0) is 24.6 Å². The molecule has 7 nitrogen and oxygen atoms in total. The van der Waals surface area contributed by atoms with Crippen LogP contribution in [0.5, 0.6) is 0 Å². The maximum absolute atomic E-state index is 7.82. The summed E-state index contributed by atoms with van der Waals surface area (Å²) < 4.78 is 5.48. The molecule has 1 aliphatic heterocycles. The monoisotopic (exact) mass is 392 g/mol. The van der Waals surface area contributed by atoms with Gasteiger partial charge < -0.3 is 31.8 Å². The SMILES string of the molecule is Cc1cccc(/C(C=N)=C/N/C(=C/C(N)c2cccnc2N)N2CCOCC2)c1. The Morgan fingerprint density at radius 1 is 1.28 bits per heavy atom. The second-order valence-corrected chi connectivity index (χ2v) is 6.91. The van der Waals surface area contributed by atoms with E-state index in [-0.39, 0.29) is 0 Å². The standard InChI is InChI=1S/C22H28N6O/c1-16-4-2-5-17(12-16)18(14-23)15-27-21(28-8-10-29-11-9-28)13-20(24)19-6-3-7-26-22(19)25/h2-7,12-15,20,23,27H,8-11,24H2,1H3,(H2,25,26)/b18-15+,21-13-,23-14?. The van der Waals surface area contributed by atoms with Crippen LogP contribution in [0.2, 0.25) is 0 Å². The fourth-order valence-corrected chi connectivity index (χ4v) is 3.21. The molecular weight excluding hydrogens is 364 g/mol. The lowest BCUT2D eigenvalue weighted by Crippen LogP contribution is -2.39. The van der Waals surface area contributed by atoms with Crippen LogP contribution in [0.3, 0.4) is 0 Å². The molecule has 1 aliphatic rings. The van der Waals surface area contributed by atoms with E-state index in [0.717, 1.165) is 41.2 Å². The van der Waals surface area contributed by atoms with Gasteiger partial charge in [0.25, 0.3) is 0 Å². The Labute approximate surface area is 171 Å². The van der Waals surface area contributed by atoms with Crippen molar-refractivity contribution in [1.29, 1.82) is 5.41 Å². The first-order valence-corrected chi connectivity index (χ1v) is 9.63. The minimum Gasteiger partial charge on any atom is -0.383 e. The van der Waals surface area contributed by atoms with Gasteiger partial charge in [-0.3, -0.25) is 0 Å². The normalized spacial score (nSPS) is 16.4. The molecular formula is C22H28N6O. The predicted octanol–water partition coefficient (Wildman–Crippen LogP) is 2.43. The number of nitrogen functional groups attached to an aromatic ring is 1. The van der Waals surface area contributed by atoms with Crippen LogP contribution in [-0.2, 0) is 4.74 Å². The summed E-state index contributed by atoms with van der Waals surface area (Å²) in [6.07, 6.45) is 6.77. The highest BCUT2D eigenvalue weighted by Gasteiger charge is 2.16. The summed E-state index contributed by atoms with van der Waals surface area (Å²) in [6.45, 7) is 4.86. The number of rotatable bonds is 7. The fourth-order valence-electron chi connectivity index (χ4n) is 3.21. The van der Waals surface area contributed by atoms with Gasteiger partial charge in [0, 0.05) is 42.8 Å². The van der Waals surface area contributed by atoms with Crippen LogP contribution in [0.25, 0.3) is 5.57 Å². The van der Waals surface area contributed by atoms with Crippen LogP contribution < -0.4 is 16.8 Å². The predicted molar refractivity (Wildman–Crippen MR) is 117 cm³/mol. The van der Waals surface area contributed by atoms with Gasteiger partial charge >= 0.3 is 0 Å². The summed E-state index contributed by atoms with van der Waals surface area (Å²) in [5.41, 5.74) is 16.1. The molecule has 1 aromatic heterocycles. The van der Waals surface area contributed by atoms with Crippen molar-refractivity contribution in [2.75, 3.05) is 32.0 Å². The van der Waals surface area contributed by atoms with Crippen molar-refractivity contribution in [1.82, 2.24) is 15.2 Å². The molecule has 1 aromatic carbocycles. The summed E-state index contributed by atoms with van der Waals surface area (Å²) >= 11 is 0. The number of ether oxygens (including phenoxy) is 1. The summed E-state index contributed by atoms with van der Waals surface area (Å²) in [6, 6.07) is 11.4. The van der Waals surface area contributed by atoms with E-state index in [1.807, 2.05) is 49.5 Å². The van der Waals surface area contributed by atoms with Crippen LogP contribution in [0, 0.1) is 12.3 Å². The number of pyridine rings is 1. The Morgan fingerprint density at radius 2 is 2.07 bits per heavy atom. The first kappa shape index (κ1) is 20.6. The summed E-state index contributed by atoms with van der Waals surface area (Å²) in [5, 5.41) is 11.2. The number of morpholine rings is 1. The van der Waals surface area contributed by atoms with Gasteiger partial charge in [0.2, 0.25) is 0 Å². The molecule has 0 saturated carbocycles. The number of anilines is 1. The molecule has 6 N–H and O–H groups in total. The van der Waals surface area contributed by atoms with Crippen LogP contribution >= 0.6 is 0 Å². The highest BCUT2D eigenvalue weighted by molar-refractivity contribution is 6.08. The van der Waals surface area contributed by atoms with Crippen LogP contribution in [0.4, 0.5) is 5.82 Å². The first-order chi connectivity index (χ1) is 14.1. The minimum absolute atomic E-state index is 0.412. The second kappa shape index (κ2) is 9.86. The van der Waals surface area contributed by atoms with Gasteiger partial charge in [0.05, 0.1) is 19.3 Å². The van der Waals surface area contributed by atoms with Gasteiger partial charge in [-0.1, -0.05) is 35.9 Å². The highest BCUT2D eigenvalue weighted by atomic mass is 16.5. The first-order valence-electron chi connectivity index (χ1n) is 9.63. The van der Waals surface area contributed by atoms with Crippen LogP contribution in [0.15, 0.2) is 60.7 Å². The van der Waals surface area contributed by atoms with Crippen LogP contribution in [-0.4, -0.2) is 42.4 Å². The van der Waals surface area contributed by atoms with Crippen molar-refractivity contribution in [2.24, 2.45) is 5.73 Å². The molecule has 3 rings (SSSR count). The number of aryl methyl sites for hydroxylation is 1. The molecule has 1 unspecified atom stereocenters. The number of aromatic nitrogens is 1. The van der Waals surface area contributed by atoms with Gasteiger partial charge in [-0.25, -0.2) is 4.98 Å². The molecule has 29 heavy (non-hydrogen) atoms. The van der Waals surface area contributed by atoms with Gasteiger partial charge in [-0.2, -0.15) is 0 Å². The van der Waals surface area contributed by atoms with E-state index < -0.39 is 6.04 Å². The molecule has 7 heteroatoms. The average molecular weight is 393 g/mol. The van der Waals surface area contributed by atoms with Crippen molar-refractivity contribution in [3.8, 4) is 0 Å².